The van der Waals surface area contributed by atoms with Crippen LogP contribution in [0.1, 0.15) is 68.2 Å². The number of nitrogens with one attached hydrogen (secondary N) is 4. The maximum atomic E-state index is 14.0. The van der Waals surface area contributed by atoms with Crippen LogP contribution in [0, 0.1) is 5.82 Å². The molecule has 1 saturated heterocycles. The number of amides is 2. The van der Waals surface area contributed by atoms with E-state index in [1.165, 1.54) is 22.3 Å². The van der Waals surface area contributed by atoms with Crippen LogP contribution in [0.3, 0.4) is 0 Å². The van der Waals surface area contributed by atoms with Crippen LogP contribution in [0.5, 0.6) is 0 Å². The highest BCUT2D eigenvalue weighted by Crippen LogP contribution is 2.37. The van der Waals surface area contributed by atoms with Gasteiger partial charge in [-0.25, -0.2) is 14.2 Å². The summed E-state index contributed by atoms with van der Waals surface area (Å²) in [6.07, 6.45) is 8.98. The number of carbonyl (C=O) groups is 2. The zero-order valence-corrected chi connectivity index (χ0v) is 36.7. The molecule has 15 nitrogen and oxygen atoms in total. The number of ether oxygens (including phenoxy) is 2. The number of aryl methyl sites for hydroxylation is 2. The number of benzene rings is 3. The Balaban J connectivity index is 0.720. The molecule has 2 amide bonds. The fourth-order valence-corrected chi connectivity index (χ4v) is 8.89. The van der Waals surface area contributed by atoms with Crippen molar-refractivity contribution >= 4 is 57.1 Å². The van der Waals surface area contributed by atoms with E-state index >= 15 is 0 Å². The molecule has 1 aliphatic carbocycles. The first kappa shape index (κ1) is 45.1. The van der Waals surface area contributed by atoms with Crippen molar-refractivity contribution in [1.29, 1.82) is 0 Å². The number of imide groups is 1. The number of fused-ring (bicyclic) bond motifs is 2. The number of hydrogen-bond donors (Lipinski definition) is 5. The Labute approximate surface area is 375 Å². The zero-order valence-electron chi connectivity index (χ0n) is 36.0. The van der Waals surface area contributed by atoms with Crippen molar-refractivity contribution in [2.75, 3.05) is 51.4 Å². The summed E-state index contributed by atoms with van der Waals surface area (Å²) >= 11 is 6.08. The van der Waals surface area contributed by atoms with Crippen LogP contribution in [0.25, 0.3) is 33.2 Å². The molecule has 1 aliphatic heterocycles. The summed E-state index contributed by atoms with van der Waals surface area (Å²) in [4.78, 5) is 46.5. The molecule has 0 bridgehead atoms. The van der Waals surface area contributed by atoms with Gasteiger partial charge >= 0.3 is 5.69 Å². The molecular formula is C47H55ClFN9O6. The third-order valence-electron chi connectivity index (χ3n) is 12.0. The quantitative estimate of drug-likeness (QED) is 0.0443. The first-order valence-electron chi connectivity index (χ1n) is 22.1. The second-order valence-electron chi connectivity index (χ2n) is 16.6. The molecule has 0 radical (unpaired) electrons. The van der Waals surface area contributed by atoms with Crippen molar-refractivity contribution in [3.05, 3.63) is 106 Å². The van der Waals surface area contributed by atoms with E-state index in [-0.39, 0.29) is 35.2 Å². The Hall–Kier alpha value is -5.49. The first-order valence-corrected chi connectivity index (χ1v) is 22.5. The number of carbonyl (C=O) groups excluding carboxylic acids is 2. The van der Waals surface area contributed by atoms with Crippen LogP contribution in [-0.2, 0) is 39.1 Å². The number of piperidine rings is 1. The Morgan fingerprint density at radius 3 is 2.42 bits per heavy atom. The van der Waals surface area contributed by atoms with Crippen molar-refractivity contribution in [2.24, 2.45) is 7.05 Å². The van der Waals surface area contributed by atoms with Crippen LogP contribution in [0.15, 0.2) is 77.9 Å². The first-order chi connectivity index (χ1) is 31.1. The van der Waals surface area contributed by atoms with Gasteiger partial charge in [0.1, 0.15) is 17.5 Å². The monoisotopic (exact) mass is 895 g/mol. The van der Waals surface area contributed by atoms with Crippen molar-refractivity contribution in [3.63, 3.8) is 0 Å². The van der Waals surface area contributed by atoms with Crippen LogP contribution >= 0.6 is 11.6 Å². The van der Waals surface area contributed by atoms with Crippen molar-refractivity contribution in [2.45, 2.75) is 76.1 Å². The molecule has 4 heterocycles. The number of aliphatic hydroxyl groups is 1. The summed E-state index contributed by atoms with van der Waals surface area (Å²) in [5, 5.41) is 23.7. The van der Waals surface area contributed by atoms with E-state index in [9.17, 15) is 23.9 Å². The number of nitrogens with zero attached hydrogens (tertiary/aromatic N) is 5. The summed E-state index contributed by atoms with van der Waals surface area (Å²) in [6.45, 7) is 5.28. The molecule has 5 N–H and O–H groups in total. The van der Waals surface area contributed by atoms with E-state index < -0.39 is 17.8 Å². The van der Waals surface area contributed by atoms with Gasteiger partial charge in [0.15, 0.2) is 0 Å². The third kappa shape index (κ3) is 10.9. The molecule has 2 fully saturated rings. The predicted octanol–water partition coefficient (Wildman–Crippen LogP) is 6.09. The molecule has 0 spiro atoms. The molecule has 2 aliphatic rings. The number of rotatable bonds is 20. The minimum atomic E-state index is -0.694. The maximum absolute atomic E-state index is 14.0. The van der Waals surface area contributed by atoms with Crippen LogP contribution < -0.4 is 27.0 Å². The normalized spacial score (nSPS) is 18.0. The minimum absolute atomic E-state index is 0.193. The third-order valence-corrected chi connectivity index (χ3v) is 12.3. The van der Waals surface area contributed by atoms with Gasteiger partial charge in [0.25, 0.3) is 0 Å². The van der Waals surface area contributed by atoms with Crippen LogP contribution in [-0.4, -0.2) is 92.8 Å². The highest BCUT2D eigenvalue weighted by atomic mass is 35.5. The summed E-state index contributed by atoms with van der Waals surface area (Å²) < 4.78 is 30.8. The number of anilines is 2. The number of imidazole rings is 1. The molecule has 1 atom stereocenters. The lowest BCUT2D eigenvalue weighted by atomic mass is 9.93. The van der Waals surface area contributed by atoms with Crippen LogP contribution in [0.2, 0.25) is 5.02 Å². The zero-order chi connectivity index (χ0) is 44.6. The van der Waals surface area contributed by atoms with E-state index in [1.54, 1.807) is 17.7 Å². The Bertz CT molecular complexity index is 2620. The summed E-state index contributed by atoms with van der Waals surface area (Å²) in [6, 6.07) is 18.1. The Morgan fingerprint density at radius 1 is 0.875 bits per heavy atom. The van der Waals surface area contributed by atoms with Gasteiger partial charge < -0.3 is 35.1 Å². The van der Waals surface area contributed by atoms with Crippen molar-refractivity contribution in [3.8, 4) is 11.1 Å². The average molecular weight is 896 g/mol. The van der Waals surface area contributed by atoms with Gasteiger partial charge in [-0.3, -0.25) is 24.0 Å². The summed E-state index contributed by atoms with van der Waals surface area (Å²) in [5.41, 5.74) is 6.75. The van der Waals surface area contributed by atoms with Crippen molar-refractivity contribution in [1.82, 2.24) is 39.6 Å². The lowest BCUT2D eigenvalue weighted by Gasteiger charge is -2.27. The van der Waals surface area contributed by atoms with E-state index in [1.807, 2.05) is 24.4 Å². The number of hydrogen-bond acceptors (Lipinski definition) is 11. The van der Waals surface area contributed by atoms with Gasteiger partial charge in [0, 0.05) is 86.3 Å². The second-order valence-corrected chi connectivity index (χ2v) is 17.0. The molecule has 64 heavy (non-hydrogen) atoms. The van der Waals surface area contributed by atoms with Gasteiger partial charge in [-0.05, 0) is 92.0 Å². The minimum Gasteiger partial charge on any atom is -0.393 e. The van der Waals surface area contributed by atoms with E-state index in [4.69, 9.17) is 26.1 Å². The van der Waals surface area contributed by atoms with E-state index in [2.05, 4.69) is 61.3 Å². The van der Waals surface area contributed by atoms with Gasteiger partial charge in [-0.1, -0.05) is 41.9 Å². The molecule has 3 aromatic carbocycles. The highest BCUT2D eigenvalue weighted by molar-refractivity contribution is 6.30. The van der Waals surface area contributed by atoms with Gasteiger partial charge in [-0.2, -0.15) is 4.98 Å². The fraction of sp³-hybridized carbons (Fsp3) is 0.426. The SMILES string of the molecule is Cn1c(=O)n(C2CCC(=O)NC2=O)c2ccc(CCCOCCOCCNCCNCc3ccc(-c4cn(C5CCC(O)CC5)c5nc(Nc6cc(F)cc(Cl)c6)ncc45)cc3)cc21. The smallest absolute Gasteiger partial charge is 0.329 e. The topological polar surface area (TPSA) is 179 Å². The van der Waals surface area contributed by atoms with E-state index in [0.29, 0.717) is 50.0 Å². The fourth-order valence-electron chi connectivity index (χ4n) is 8.67. The van der Waals surface area contributed by atoms with Gasteiger partial charge in [0.05, 0.1) is 37.0 Å². The molecule has 338 valence electrons. The largest absolute Gasteiger partial charge is 0.393 e. The number of halogens is 2. The lowest BCUT2D eigenvalue weighted by Crippen LogP contribution is -2.44. The van der Waals surface area contributed by atoms with E-state index in [0.717, 1.165) is 97.9 Å². The molecule has 1 unspecified atom stereocenters. The van der Waals surface area contributed by atoms with Crippen LogP contribution in [0.4, 0.5) is 16.0 Å². The standard InChI is InChI=1S/C47H55ClFN9O6/c1-56-42-23-30(6-13-40(42)58(47(56)62)41-14-15-43(60)54-45(41)61)3-2-19-63-21-22-64-20-18-50-16-17-51-27-31-4-7-32(8-5-31)39-29-57(36-9-11-37(59)12-10-36)44-38(39)28-52-46(55-44)53-35-25-33(48)24-34(49)26-35/h4-8,13,23-26,28-29,36-37,41,50-51,59H,2-3,9-12,14-22,27H2,1H3,(H,52,53,55)(H,54,60,61). The Kier molecular flexibility index (Phi) is 14.8. The molecule has 8 rings (SSSR count). The molecule has 1 saturated carbocycles. The summed E-state index contributed by atoms with van der Waals surface area (Å²) in [5.74, 6) is -0.845. The number of aliphatic hydroxyl groups excluding tert-OH is 1. The number of aromatic nitrogens is 5. The molecule has 17 heteroatoms. The molecular weight excluding hydrogens is 841 g/mol. The van der Waals surface area contributed by atoms with Gasteiger partial charge in [0.2, 0.25) is 17.8 Å². The second kappa shape index (κ2) is 21.0. The van der Waals surface area contributed by atoms with Crippen molar-refractivity contribution < 1.29 is 28.6 Å². The average Bonchev–Trinajstić information content (AvgIpc) is 3.77. The van der Waals surface area contributed by atoms with Gasteiger partial charge in [-0.15, -0.1) is 0 Å². The molecule has 3 aromatic heterocycles. The maximum Gasteiger partial charge on any atom is 0.329 e. The predicted molar refractivity (Wildman–Crippen MR) is 244 cm³/mol. The summed E-state index contributed by atoms with van der Waals surface area (Å²) in [7, 11) is 1.70. The lowest BCUT2D eigenvalue weighted by molar-refractivity contribution is -0.135. The molecule has 6 aromatic rings. The Morgan fingerprint density at radius 2 is 1.64 bits per heavy atom. The highest BCUT2D eigenvalue weighted by Gasteiger charge is 2.31.